The number of nitrogens with zero attached hydrogens (tertiary/aromatic N) is 5. The SMILES string of the molecule is O=C(Cc1cccnc1)N1CCC(c2nc3ccc(Nc4ccccc4)cn3n2)CC1. The van der Waals surface area contributed by atoms with Gasteiger partial charge in [-0.05, 0) is 48.7 Å². The second kappa shape index (κ2) is 8.55. The maximum absolute atomic E-state index is 12.6. The molecule has 156 valence electrons. The molecule has 1 fully saturated rings. The van der Waals surface area contributed by atoms with Crippen LogP contribution in [0.1, 0.15) is 30.1 Å². The third kappa shape index (κ3) is 4.40. The zero-order valence-corrected chi connectivity index (χ0v) is 17.2. The molecule has 0 spiro atoms. The Morgan fingerprint density at radius 1 is 1.00 bits per heavy atom. The van der Waals surface area contributed by atoms with Crippen LogP contribution >= 0.6 is 0 Å². The van der Waals surface area contributed by atoms with Crippen molar-refractivity contribution in [1.29, 1.82) is 0 Å². The van der Waals surface area contributed by atoms with Crippen molar-refractivity contribution >= 4 is 22.9 Å². The predicted molar refractivity (Wildman–Crippen MR) is 119 cm³/mol. The van der Waals surface area contributed by atoms with Gasteiger partial charge < -0.3 is 10.2 Å². The second-order valence-corrected chi connectivity index (χ2v) is 7.87. The summed E-state index contributed by atoms with van der Waals surface area (Å²) >= 11 is 0. The van der Waals surface area contributed by atoms with Gasteiger partial charge in [-0.2, -0.15) is 5.10 Å². The Labute approximate surface area is 180 Å². The highest BCUT2D eigenvalue weighted by molar-refractivity contribution is 5.78. The van der Waals surface area contributed by atoms with E-state index in [-0.39, 0.29) is 11.8 Å². The fourth-order valence-electron chi connectivity index (χ4n) is 4.01. The topological polar surface area (TPSA) is 75.4 Å². The quantitative estimate of drug-likeness (QED) is 0.539. The van der Waals surface area contributed by atoms with Gasteiger partial charge in [-0.25, -0.2) is 9.50 Å². The molecular weight excluding hydrogens is 388 g/mol. The highest BCUT2D eigenvalue weighted by Gasteiger charge is 2.26. The lowest BCUT2D eigenvalue weighted by atomic mass is 9.96. The molecule has 31 heavy (non-hydrogen) atoms. The third-order valence-corrected chi connectivity index (χ3v) is 5.70. The minimum Gasteiger partial charge on any atom is -0.354 e. The zero-order chi connectivity index (χ0) is 21.0. The maximum atomic E-state index is 12.6. The summed E-state index contributed by atoms with van der Waals surface area (Å²) in [5.41, 5.74) is 3.79. The lowest BCUT2D eigenvalue weighted by Crippen LogP contribution is -2.39. The molecule has 1 N–H and O–H groups in total. The molecular formula is C24H24N6O. The number of piperidine rings is 1. The molecule has 7 nitrogen and oxygen atoms in total. The molecule has 1 aliphatic heterocycles. The Morgan fingerprint density at radius 2 is 1.84 bits per heavy atom. The number of rotatable bonds is 5. The van der Waals surface area contributed by atoms with Crippen molar-refractivity contribution in [2.45, 2.75) is 25.2 Å². The smallest absolute Gasteiger partial charge is 0.227 e. The van der Waals surface area contributed by atoms with Gasteiger partial charge >= 0.3 is 0 Å². The highest BCUT2D eigenvalue weighted by atomic mass is 16.2. The highest BCUT2D eigenvalue weighted by Crippen LogP contribution is 2.27. The standard InChI is InChI=1S/C24H24N6O/c31-23(15-18-5-4-12-25-16-18)29-13-10-19(11-14-29)24-27-22-9-8-21(17-30(22)28-24)26-20-6-2-1-3-7-20/h1-9,12,16-17,19,26H,10-11,13-15H2. The minimum absolute atomic E-state index is 0.158. The first-order valence-electron chi connectivity index (χ1n) is 10.6. The molecule has 1 saturated heterocycles. The Balaban J connectivity index is 1.23. The molecule has 0 aliphatic carbocycles. The normalized spacial score (nSPS) is 14.6. The molecule has 4 heterocycles. The van der Waals surface area contributed by atoms with E-state index in [1.807, 2.05) is 70.2 Å². The van der Waals surface area contributed by atoms with Gasteiger partial charge in [-0.15, -0.1) is 0 Å². The van der Waals surface area contributed by atoms with Crippen LogP contribution < -0.4 is 5.32 Å². The molecule has 0 bridgehead atoms. The van der Waals surface area contributed by atoms with E-state index in [0.717, 1.165) is 54.3 Å². The molecule has 1 amide bonds. The van der Waals surface area contributed by atoms with Crippen molar-refractivity contribution < 1.29 is 4.79 Å². The van der Waals surface area contributed by atoms with E-state index < -0.39 is 0 Å². The number of carbonyl (C=O) groups is 1. The molecule has 1 aliphatic rings. The van der Waals surface area contributed by atoms with Crippen LogP contribution in [0.2, 0.25) is 0 Å². The van der Waals surface area contributed by atoms with E-state index >= 15 is 0 Å². The monoisotopic (exact) mass is 412 g/mol. The summed E-state index contributed by atoms with van der Waals surface area (Å²) in [4.78, 5) is 23.4. The Morgan fingerprint density at radius 3 is 2.61 bits per heavy atom. The molecule has 0 unspecified atom stereocenters. The number of carbonyl (C=O) groups excluding carboxylic acids is 1. The van der Waals surface area contributed by atoms with E-state index in [1.165, 1.54) is 0 Å². The van der Waals surface area contributed by atoms with Crippen LogP contribution in [-0.4, -0.2) is 43.5 Å². The maximum Gasteiger partial charge on any atom is 0.227 e. The van der Waals surface area contributed by atoms with Gasteiger partial charge in [0.25, 0.3) is 0 Å². The van der Waals surface area contributed by atoms with Crippen LogP contribution in [0.15, 0.2) is 73.2 Å². The van der Waals surface area contributed by atoms with Crippen LogP contribution in [-0.2, 0) is 11.2 Å². The van der Waals surface area contributed by atoms with Gasteiger partial charge in [-0.3, -0.25) is 9.78 Å². The van der Waals surface area contributed by atoms with Gasteiger partial charge in [0.05, 0.1) is 18.3 Å². The lowest BCUT2D eigenvalue weighted by molar-refractivity contribution is -0.131. The summed E-state index contributed by atoms with van der Waals surface area (Å²) < 4.78 is 1.83. The van der Waals surface area contributed by atoms with Gasteiger partial charge in [-0.1, -0.05) is 24.3 Å². The average molecular weight is 412 g/mol. The van der Waals surface area contributed by atoms with E-state index in [2.05, 4.69) is 10.3 Å². The van der Waals surface area contributed by atoms with Gasteiger partial charge in [0.15, 0.2) is 11.5 Å². The number of pyridine rings is 2. The number of hydrogen-bond acceptors (Lipinski definition) is 5. The number of para-hydroxylation sites is 1. The summed E-state index contributed by atoms with van der Waals surface area (Å²) in [5, 5.41) is 8.12. The van der Waals surface area contributed by atoms with Crippen molar-refractivity contribution in [3.63, 3.8) is 0 Å². The Kier molecular flexibility index (Phi) is 5.31. The summed E-state index contributed by atoms with van der Waals surface area (Å²) in [6.07, 6.45) is 7.61. The third-order valence-electron chi connectivity index (χ3n) is 5.70. The van der Waals surface area contributed by atoms with Crippen molar-refractivity contribution in [3.8, 4) is 0 Å². The first-order chi connectivity index (χ1) is 15.2. The van der Waals surface area contributed by atoms with Crippen molar-refractivity contribution in [2.75, 3.05) is 18.4 Å². The number of fused-ring (bicyclic) bond motifs is 1. The molecule has 0 radical (unpaired) electrons. The fraction of sp³-hybridized carbons (Fsp3) is 0.250. The number of hydrogen-bond donors (Lipinski definition) is 1. The minimum atomic E-state index is 0.158. The molecule has 0 saturated carbocycles. The first kappa shape index (κ1) is 19.2. The summed E-state index contributed by atoms with van der Waals surface area (Å²) in [6.45, 7) is 1.47. The van der Waals surface area contributed by atoms with E-state index in [0.29, 0.717) is 6.42 Å². The first-order valence-corrected chi connectivity index (χ1v) is 10.6. The second-order valence-electron chi connectivity index (χ2n) is 7.87. The largest absolute Gasteiger partial charge is 0.354 e. The van der Waals surface area contributed by atoms with Crippen LogP contribution in [0.4, 0.5) is 11.4 Å². The predicted octanol–water partition coefficient (Wildman–Crippen LogP) is 3.82. The fourth-order valence-corrected chi connectivity index (χ4v) is 4.01. The zero-order valence-electron chi connectivity index (χ0n) is 17.2. The number of anilines is 2. The van der Waals surface area contributed by atoms with Gasteiger partial charge in [0.1, 0.15) is 0 Å². The van der Waals surface area contributed by atoms with E-state index in [9.17, 15) is 4.79 Å². The number of nitrogens with one attached hydrogen (secondary N) is 1. The average Bonchev–Trinajstić information content (AvgIpc) is 3.24. The molecule has 3 aromatic heterocycles. The van der Waals surface area contributed by atoms with Crippen molar-refractivity contribution in [2.24, 2.45) is 0 Å². The van der Waals surface area contributed by atoms with Crippen molar-refractivity contribution in [3.05, 3.63) is 84.6 Å². The number of likely N-dealkylation sites (tertiary alicyclic amines) is 1. The van der Waals surface area contributed by atoms with Crippen LogP contribution in [0.25, 0.3) is 5.65 Å². The number of aromatic nitrogens is 4. The number of amides is 1. The summed E-state index contributed by atoms with van der Waals surface area (Å²) in [6, 6.07) is 17.9. The van der Waals surface area contributed by atoms with E-state index in [4.69, 9.17) is 10.1 Å². The molecule has 0 atom stereocenters. The van der Waals surface area contributed by atoms with E-state index in [1.54, 1.807) is 12.4 Å². The summed E-state index contributed by atoms with van der Waals surface area (Å²) in [5.74, 6) is 1.29. The number of benzene rings is 1. The Hall–Kier alpha value is -3.74. The van der Waals surface area contributed by atoms with Crippen LogP contribution in [0.3, 0.4) is 0 Å². The molecule has 5 rings (SSSR count). The Bertz CT molecular complexity index is 1170. The molecule has 7 heteroatoms. The summed E-state index contributed by atoms with van der Waals surface area (Å²) in [7, 11) is 0. The lowest BCUT2D eigenvalue weighted by Gasteiger charge is -2.30. The van der Waals surface area contributed by atoms with Crippen molar-refractivity contribution in [1.82, 2.24) is 24.5 Å². The molecule has 1 aromatic carbocycles. The van der Waals surface area contributed by atoms with Gasteiger partial charge in [0.2, 0.25) is 5.91 Å². The van der Waals surface area contributed by atoms with Gasteiger partial charge in [0, 0.05) is 37.1 Å². The van der Waals surface area contributed by atoms with Crippen LogP contribution in [0.5, 0.6) is 0 Å². The van der Waals surface area contributed by atoms with Crippen LogP contribution in [0, 0.1) is 0 Å². The molecule has 4 aromatic rings.